The van der Waals surface area contributed by atoms with Gasteiger partial charge >= 0.3 is 0 Å². The van der Waals surface area contributed by atoms with Gasteiger partial charge in [0.15, 0.2) is 0 Å². The normalized spacial score (nSPS) is 21.3. The lowest BCUT2D eigenvalue weighted by molar-refractivity contribution is -0.280. The minimum atomic E-state index is -1.85. The summed E-state index contributed by atoms with van der Waals surface area (Å²) >= 11 is 0. The number of carbonyl (C=O) groups excluding carboxylic acids is 3. The SMILES string of the molecule is CCCCCCCCCCCCCCN(C(=O)CCCCCCCCCCC)[C@@]1(NC(=O)CNC(=O)[C@@H](N)CO)C[C@@H](O)[C@H](O)[C@@H](CO)O1. The van der Waals surface area contributed by atoms with Gasteiger partial charge in [-0.15, -0.1) is 0 Å². The van der Waals surface area contributed by atoms with Crippen LogP contribution in [0.4, 0.5) is 0 Å². The van der Waals surface area contributed by atoms with Crippen molar-refractivity contribution in [3.05, 3.63) is 0 Å². The molecule has 0 aromatic carbocycles. The summed E-state index contributed by atoms with van der Waals surface area (Å²) < 4.78 is 6.12. The van der Waals surface area contributed by atoms with E-state index in [1.54, 1.807) is 0 Å². The number of hydrogen-bond donors (Lipinski definition) is 7. The first-order chi connectivity index (χ1) is 23.6. The minimum Gasteiger partial charge on any atom is -0.394 e. The number of amides is 3. The van der Waals surface area contributed by atoms with Crippen LogP contribution in [0.2, 0.25) is 0 Å². The molecule has 0 aromatic heterocycles. The molecule has 0 unspecified atom stereocenters. The Morgan fingerprint density at radius 3 is 1.71 bits per heavy atom. The Labute approximate surface area is 296 Å². The summed E-state index contributed by atoms with van der Waals surface area (Å²) in [4.78, 5) is 40.7. The second-order valence-corrected chi connectivity index (χ2v) is 14.0. The van der Waals surface area contributed by atoms with Crippen molar-refractivity contribution >= 4 is 17.7 Å². The summed E-state index contributed by atoms with van der Waals surface area (Å²) in [6, 6.07) is -1.20. The molecule has 1 aliphatic rings. The number of hydrogen-bond acceptors (Lipinski definition) is 9. The lowest BCUT2D eigenvalue weighted by Gasteiger charge is -2.50. The van der Waals surface area contributed by atoms with Gasteiger partial charge in [-0.1, -0.05) is 136 Å². The molecule has 0 bridgehead atoms. The average Bonchev–Trinajstić information content (AvgIpc) is 3.09. The molecule has 1 rings (SSSR count). The zero-order chi connectivity index (χ0) is 36.3. The van der Waals surface area contributed by atoms with Crippen LogP contribution in [0, 0.1) is 0 Å². The minimum absolute atomic E-state index is 0.222. The number of nitrogens with one attached hydrogen (secondary N) is 2. The third-order valence-electron chi connectivity index (χ3n) is 9.55. The lowest BCUT2D eigenvalue weighted by Crippen LogP contribution is -2.72. The molecular formula is C37H72N4O8. The predicted molar refractivity (Wildman–Crippen MR) is 192 cm³/mol. The highest BCUT2D eigenvalue weighted by Crippen LogP contribution is 2.32. The highest BCUT2D eigenvalue weighted by Gasteiger charge is 2.52. The maximum atomic E-state index is 13.9. The van der Waals surface area contributed by atoms with Gasteiger partial charge in [0.1, 0.15) is 18.2 Å². The third-order valence-corrected chi connectivity index (χ3v) is 9.55. The van der Waals surface area contributed by atoms with Gasteiger partial charge in [0, 0.05) is 19.4 Å². The van der Waals surface area contributed by atoms with Crippen molar-refractivity contribution in [3.63, 3.8) is 0 Å². The smallest absolute Gasteiger partial charge is 0.243 e. The molecular weight excluding hydrogens is 628 g/mol. The molecule has 12 nitrogen and oxygen atoms in total. The molecule has 1 fully saturated rings. The molecule has 288 valence electrons. The summed E-state index contributed by atoms with van der Waals surface area (Å²) in [6.45, 7) is 2.92. The average molecular weight is 701 g/mol. The topological polar surface area (TPSA) is 195 Å². The molecule has 1 saturated heterocycles. The van der Waals surface area contributed by atoms with Crippen LogP contribution in [-0.2, 0) is 19.1 Å². The Kier molecular flexibility index (Phi) is 25.7. The molecule has 0 aromatic rings. The van der Waals surface area contributed by atoms with Gasteiger partial charge in [-0.05, 0) is 12.8 Å². The second kappa shape index (κ2) is 27.8. The summed E-state index contributed by atoms with van der Waals surface area (Å²) in [5.74, 6) is -3.54. The van der Waals surface area contributed by atoms with Crippen LogP contribution in [-0.4, -0.2) is 99.6 Å². The van der Waals surface area contributed by atoms with Crippen LogP contribution < -0.4 is 16.4 Å². The second-order valence-electron chi connectivity index (χ2n) is 14.0. The standard InChI is InChI=1S/C37H72N4O8/c1-3-5-7-9-11-13-14-15-17-19-21-23-25-41(34(46)24-22-20-18-16-12-10-8-6-4-2)37(26-31(44)35(47)32(29-43)49-37)40-33(45)27-39-36(48)30(38)28-42/h30-32,35,42-44,47H,3-29,38H2,1-2H3,(H,39,48)(H,40,45)/t30-,31+,32+,35-,37-/m0/s1. The van der Waals surface area contributed by atoms with Gasteiger partial charge in [0.2, 0.25) is 23.6 Å². The van der Waals surface area contributed by atoms with Crippen molar-refractivity contribution in [1.82, 2.24) is 15.5 Å². The molecule has 12 heteroatoms. The first-order valence-electron chi connectivity index (χ1n) is 19.6. The first kappa shape index (κ1) is 45.2. The molecule has 8 N–H and O–H groups in total. The fraction of sp³-hybridized carbons (Fsp3) is 0.919. The molecule has 3 amide bonds. The molecule has 0 spiro atoms. The number of aliphatic hydroxyl groups excluding tert-OH is 4. The fourth-order valence-corrected chi connectivity index (χ4v) is 6.47. The van der Waals surface area contributed by atoms with Crippen LogP contribution in [0.1, 0.15) is 162 Å². The molecule has 1 aliphatic heterocycles. The van der Waals surface area contributed by atoms with E-state index in [4.69, 9.17) is 15.6 Å². The fourth-order valence-electron chi connectivity index (χ4n) is 6.47. The Morgan fingerprint density at radius 2 is 1.24 bits per heavy atom. The van der Waals surface area contributed by atoms with Gasteiger partial charge in [0.05, 0.1) is 25.9 Å². The van der Waals surface area contributed by atoms with E-state index in [1.165, 1.54) is 88.4 Å². The van der Waals surface area contributed by atoms with Crippen molar-refractivity contribution in [2.45, 2.75) is 192 Å². The van der Waals surface area contributed by atoms with Crippen molar-refractivity contribution in [3.8, 4) is 0 Å². The highest BCUT2D eigenvalue weighted by atomic mass is 16.6. The van der Waals surface area contributed by atoms with Crippen LogP contribution in [0.5, 0.6) is 0 Å². The molecule has 0 aliphatic carbocycles. The summed E-state index contributed by atoms with van der Waals surface area (Å²) in [5, 5.41) is 45.6. The first-order valence-corrected chi connectivity index (χ1v) is 19.6. The van der Waals surface area contributed by atoms with Gasteiger partial charge in [-0.25, -0.2) is 0 Å². The van der Waals surface area contributed by atoms with Gasteiger partial charge in [-0.2, -0.15) is 0 Å². The number of ether oxygens (including phenoxy) is 1. The van der Waals surface area contributed by atoms with Crippen LogP contribution in [0.3, 0.4) is 0 Å². The molecule has 5 atom stereocenters. The molecule has 0 radical (unpaired) electrons. The monoisotopic (exact) mass is 701 g/mol. The molecule has 49 heavy (non-hydrogen) atoms. The lowest BCUT2D eigenvalue weighted by atomic mass is 9.96. The van der Waals surface area contributed by atoms with Gasteiger partial charge in [-0.3, -0.25) is 19.3 Å². The van der Waals surface area contributed by atoms with Gasteiger partial charge < -0.3 is 41.5 Å². The number of rotatable bonds is 30. The van der Waals surface area contributed by atoms with E-state index in [-0.39, 0.29) is 25.3 Å². The quantitative estimate of drug-likeness (QED) is 0.0426. The Hall–Kier alpha value is -1.83. The Bertz CT molecular complexity index is 881. The zero-order valence-electron chi connectivity index (χ0n) is 30.8. The maximum Gasteiger partial charge on any atom is 0.243 e. The Morgan fingerprint density at radius 1 is 0.776 bits per heavy atom. The number of aliphatic hydroxyl groups is 4. The maximum absolute atomic E-state index is 13.9. The van der Waals surface area contributed by atoms with Crippen LogP contribution in [0.15, 0.2) is 0 Å². The van der Waals surface area contributed by atoms with Crippen LogP contribution >= 0.6 is 0 Å². The number of nitrogens with zero attached hydrogens (tertiary/aromatic N) is 1. The third kappa shape index (κ3) is 18.8. The highest BCUT2D eigenvalue weighted by molar-refractivity contribution is 5.88. The molecule has 1 heterocycles. The molecule has 0 saturated carbocycles. The number of nitrogens with two attached hydrogens (primary N) is 1. The van der Waals surface area contributed by atoms with E-state index in [0.717, 1.165) is 38.5 Å². The zero-order valence-corrected chi connectivity index (χ0v) is 30.8. The van der Waals surface area contributed by atoms with E-state index in [1.807, 2.05) is 0 Å². The largest absolute Gasteiger partial charge is 0.394 e. The van der Waals surface area contributed by atoms with Gasteiger partial charge in [0.25, 0.3) is 0 Å². The van der Waals surface area contributed by atoms with Crippen LogP contribution in [0.25, 0.3) is 0 Å². The summed E-state index contributed by atoms with van der Waals surface area (Å²) in [7, 11) is 0. The van der Waals surface area contributed by atoms with Crippen molar-refractivity contribution in [1.29, 1.82) is 0 Å². The van der Waals surface area contributed by atoms with Crippen molar-refractivity contribution in [2.75, 3.05) is 26.3 Å². The van der Waals surface area contributed by atoms with E-state index in [2.05, 4.69) is 24.5 Å². The van der Waals surface area contributed by atoms with E-state index < -0.39 is 61.8 Å². The Balaban J connectivity index is 2.94. The predicted octanol–water partition coefficient (Wildman–Crippen LogP) is 4.15. The van der Waals surface area contributed by atoms with E-state index >= 15 is 0 Å². The van der Waals surface area contributed by atoms with Crippen molar-refractivity contribution < 1.29 is 39.5 Å². The van der Waals surface area contributed by atoms with E-state index in [9.17, 15) is 29.7 Å². The summed E-state index contributed by atoms with van der Waals surface area (Å²) in [6.07, 6.45) is 19.4. The van der Waals surface area contributed by atoms with E-state index in [0.29, 0.717) is 12.8 Å². The van der Waals surface area contributed by atoms with Crippen molar-refractivity contribution in [2.24, 2.45) is 5.73 Å². The number of unbranched alkanes of at least 4 members (excludes halogenated alkanes) is 19. The number of carbonyl (C=O) groups is 3. The summed E-state index contributed by atoms with van der Waals surface area (Å²) in [5.41, 5.74) is 5.55.